The third-order valence-electron chi connectivity index (χ3n) is 2.10. The first-order valence-corrected chi connectivity index (χ1v) is 5.84. The van der Waals surface area contributed by atoms with Crippen LogP contribution in [0.15, 0.2) is 34.3 Å². The van der Waals surface area contributed by atoms with Crippen molar-refractivity contribution in [2.75, 3.05) is 11.9 Å². The van der Waals surface area contributed by atoms with E-state index in [2.05, 4.69) is 21.2 Å². The number of halogens is 4. The highest BCUT2D eigenvalue weighted by atomic mass is 79.9. The van der Waals surface area contributed by atoms with Crippen LogP contribution in [0.1, 0.15) is 19.4 Å². The van der Waals surface area contributed by atoms with Gasteiger partial charge in [-0.2, -0.15) is 13.2 Å². The summed E-state index contributed by atoms with van der Waals surface area (Å²) in [5.74, 6) is 0. The molecule has 0 bridgehead atoms. The zero-order valence-corrected chi connectivity index (χ0v) is 11.1. The normalized spacial score (nSPS) is 11.2. The molecule has 0 spiro atoms. The van der Waals surface area contributed by atoms with Crippen LogP contribution in [-0.2, 0) is 6.18 Å². The topological polar surface area (TPSA) is 12.0 Å². The first-order chi connectivity index (χ1) is 7.80. The Balaban J connectivity index is 2.88. The van der Waals surface area contributed by atoms with Gasteiger partial charge in [-0.1, -0.05) is 11.6 Å². The Kier molecular flexibility index (Phi) is 4.62. The van der Waals surface area contributed by atoms with Gasteiger partial charge >= 0.3 is 6.18 Å². The SMILES string of the molecule is CC(C)=CCNc1cc(C(F)(F)F)ccc1Br. The van der Waals surface area contributed by atoms with Crippen LogP contribution < -0.4 is 5.32 Å². The van der Waals surface area contributed by atoms with Gasteiger partial charge in [-0.25, -0.2) is 0 Å². The average Bonchev–Trinajstić information content (AvgIpc) is 2.18. The molecule has 0 aromatic heterocycles. The molecule has 1 aromatic carbocycles. The van der Waals surface area contributed by atoms with Crippen molar-refractivity contribution in [3.63, 3.8) is 0 Å². The van der Waals surface area contributed by atoms with Crippen molar-refractivity contribution >= 4 is 21.6 Å². The molecule has 0 aliphatic rings. The average molecular weight is 308 g/mol. The molecule has 0 fully saturated rings. The van der Waals surface area contributed by atoms with E-state index in [4.69, 9.17) is 0 Å². The summed E-state index contributed by atoms with van der Waals surface area (Å²) in [6.07, 6.45) is -2.40. The van der Waals surface area contributed by atoms with E-state index in [1.807, 2.05) is 19.9 Å². The van der Waals surface area contributed by atoms with E-state index in [1.165, 1.54) is 6.07 Å². The number of allylic oxidation sites excluding steroid dienone is 1. The van der Waals surface area contributed by atoms with Crippen LogP contribution in [0, 0.1) is 0 Å². The van der Waals surface area contributed by atoms with Gasteiger partial charge in [0.05, 0.1) is 5.56 Å². The molecule has 0 saturated carbocycles. The van der Waals surface area contributed by atoms with Gasteiger partial charge in [-0.3, -0.25) is 0 Å². The smallest absolute Gasteiger partial charge is 0.381 e. The Bertz CT molecular complexity index is 420. The minimum Gasteiger partial charge on any atom is -0.381 e. The Morgan fingerprint density at radius 2 is 2.00 bits per heavy atom. The summed E-state index contributed by atoms with van der Waals surface area (Å²) >= 11 is 3.21. The first-order valence-electron chi connectivity index (χ1n) is 5.04. The maximum Gasteiger partial charge on any atom is 0.416 e. The van der Waals surface area contributed by atoms with E-state index >= 15 is 0 Å². The first kappa shape index (κ1) is 14.1. The molecule has 1 N–H and O–H groups in total. The fourth-order valence-electron chi connectivity index (χ4n) is 1.20. The molecule has 17 heavy (non-hydrogen) atoms. The quantitative estimate of drug-likeness (QED) is 0.787. The van der Waals surface area contributed by atoms with Crippen LogP contribution in [0.4, 0.5) is 18.9 Å². The number of hydrogen-bond acceptors (Lipinski definition) is 1. The number of rotatable bonds is 3. The Morgan fingerprint density at radius 1 is 1.35 bits per heavy atom. The van der Waals surface area contributed by atoms with Crippen LogP contribution in [0.5, 0.6) is 0 Å². The molecule has 0 amide bonds. The fraction of sp³-hybridized carbons (Fsp3) is 0.333. The van der Waals surface area contributed by atoms with Gasteiger partial charge in [0.25, 0.3) is 0 Å². The predicted octanol–water partition coefficient (Wildman–Crippen LogP) is 4.85. The molecule has 94 valence electrons. The molecular weight excluding hydrogens is 295 g/mol. The van der Waals surface area contributed by atoms with Gasteiger partial charge in [0.15, 0.2) is 0 Å². The van der Waals surface area contributed by atoms with Crippen LogP contribution in [0.25, 0.3) is 0 Å². The standard InChI is InChI=1S/C12H13BrF3N/c1-8(2)5-6-17-11-7-9(12(14,15)16)3-4-10(11)13/h3-5,7,17H,6H2,1-2H3. The summed E-state index contributed by atoms with van der Waals surface area (Å²) in [6.45, 7) is 4.37. The molecule has 1 nitrogen and oxygen atoms in total. The lowest BCUT2D eigenvalue weighted by Gasteiger charge is -2.11. The van der Waals surface area contributed by atoms with E-state index < -0.39 is 11.7 Å². The summed E-state index contributed by atoms with van der Waals surface area (Å²) in [5.41, 5.74) is 0.901. The second-order valence-corrected chi connectivity index (χ2v) is 4.71. The number of hydrogen-bond donors (Lipinski definition) is 1. The highest BCUT2D eigenvalue weighted by Crippen LogP contribution is 2.33. The van der Waals surface area contributed by atoms with Gasteiger partial charge in [0.2, 0.25) is 0 Å². The van der Waals surface area contributed by atoms with Crippen molar-refractivity contribution in [3.05, 3.63) is 39.9 Å². The van der Waals surface area contributed by atoms with Gasteiger partial charge in [-0.05, 0) is 48.0 Å². The van der Waals surface area contributed by atoms with Gasteiger partial charge in [-0.15, -0.1) is 0 Å². The Labute approximate surface area is 107 Å². The summed E-state index contributed by atoms with van der Waals surface area (Å²) in [4.78, 5) is 0. The molecule has 0 atom stereocenters. The summed E-state index contributed by atoms with van der Waals surface area (Å²) in [6, 6.07) is 3.55. The van der Waals surface area contributed by atoms with E-state index in [0.717, 1.165) is 17.7 Å². The van der Waals surface area contributed by atoms with E-state index in [1.54, 1.807) is 0 Å². The molecule has 0 unspecified atom stereocenters. The van der Waals surface area contributed by atoms with Crippen molar-refractivity contribution in [3.8, 4) is 0 Å². The van der Waals surface area contributed by atoms with E-state index in [-0.39, 0.29) is 0 Å². The Hall–Kier alpha value is -0.970. The van der Waals surface area contributed by atoms with Gasteiger partial charge in [0.1, 0.15) is 0 Å². The number of anilines is 1. The molecule has 0 saturated heterocycles. The molecule has 1 rings (SSSR count). The summed E-state index contributed by atoms with van der Waals surface area (Å²) in [7, 11) is 0. The van der Waals surface area contributed by atoms with E-state index in [9.17, 15) is 13.2 Å². The van der Waals surface area contributed by atoms with Crippen molar-refractivity contribution in [1.82, 2.24) is 0 Å². The lowest BCUT2D eigenvalue weighted by molar-refractivity contribution is -0.137. The molecule has 0 radical (unpaired) electrons. The van der Waals surface area contributed by atoms with Crippen LogP contribution in [0.2, 0.25) is 0 Å². The van der Waals surface area contributed by atoms with Crippen LogP contribution in [0.3, 0.4) is 0 Å². The highest BCUT2D eigenvalue weighted by Gasteiger charge is 2.30. The van der Waals surface area contributed by atoms with Crippen LogP contribution in [-0.4, -0.2) is 6.54 Å². The lowest BCUT2D eigenvalue weighted by Crippen LogP contribution is -2.07. The molecule has 0 heterocycles. The minimum absolute atomic E-state index is 0.442. The largest absolute Gasteiger partial charge is 0.416 e. The maximum atomic E-state index is 12.5. The third kappa shape index (κ3) is 4.42. The Morgan fingerprint density at radius 3 is 2.53 bits per heavy atom. The van der Waals surface area contributed by atoms with E-state index in [0.29, 0.717) is 16.7 Å². The summed E-state index contributed by atoms with van der Waals surface area (Å²) in [5, 5.41) is 2.93. The second-order valence-electron chi connectivity index (χ2n) is 3.85. The molecular formula is C12H13BrF3N. The highest BCUT2D eigenvalue weighted by molar-refractivity contribution is 9.10. The zero-order chi connectivity index (χ0) is 13.1. The maximum absolute atomic E-state index is 12.5. The molecule has 0 aliphatic heterocycles. The predicted molar refractivity (Wildman–Crippen MR) is 67.1 cm³/mol. The lowest BCUT2D eigenvalue weighted by atomic mass is 10.2. The van der Waals surface area contributed by atoms with Crippen molar-refractivity contribution in [2.24, 2.45) is 0 Å². The molecule has 1 aromatic rings. The number of benzene rings is 1. The fourth-order valence-corrected chi connectivity index (χ4v) is 1.59. The molecule has 5 heteroatoms. The third-order valence-corrected chi connectivity index (χ3v) is 2.79. The molecule has 0 aliphatic carbocycles. The monoisotopic (exact) mass is 307 g/mol. The van der Waals surface area contributed by atoms with Gasteiger partial charge < -0.3 is 5.32 Å². The second kappa shape index (κ2) is 5.58. The van der Waals surface area contributed by atoms with Gasteiger partial charge in [0, 0.05) is 16.7 Å². The minimum atomic E-state index is -4.31. The van der Waals surface area contributed by atoms with Crippen LogP contribution >= 0.6 is 15.9 Å². The van der Waals surface area contributed by atoms with Crippen molar-refractivity contribution < 1.29 is 13.2 Å². The van der Waals surface area contributed by atoms with Crippen molar-refractivity contribution in [1.29, 1.82) is 0 Å². The summed E-state index contributed by atoms with van der Waals surface area (Å²) < 4.78 is 38.1. The number of alkyl halides is 3. The van der Waals surface area contributed by atoms with Crippen molar-refractivity contribution in [2.45, 2.75) is 20.0 Å². The number of nitrogens with one attached hydrogen (secondary N) is 1. The zero-order valence-electron chi connectivity index (χ0n) is 9.53.